The largest absolute Gasteiger partial charge is 0.368 e. The molecular formula is C22H18ClN5O2. The number of fused-ring (bicyclic) bond motifs is 1. The lowest BCUT2D eigenvalue weighted by Gasteiger charge is -2.16. The Kier molecular flexibility index (Phi) is 5.45. The molecule has 8 heteroatoms. The van der Waals surface area contributed by atoms with Gasteiger partial charge in [0.1, 0.15) is 17.4 Å². The SMILES string of the molecule is NC(=O)C(Cc1ccc(Cl)cc1)NC(=O)c1cccc2[nH]c(-c3ccncc3)nc12. The normalized spacial score (nSPS) is 11.9. The Balaban J connectivity index is 1.60. The first-order chi connectivity index (χ1) is 14.5. The van der Waals surface area contributed by atoms with Crippen molar-refractivity contribution in [2.24, 2.45) is 5.73 Å². The summed E-state index contributed by atoms with van der Waals surface area (Å²) in [7, 11) is 0. The number of amides is 2. The Bertz CT molecular complexity index is 1210. The second-order valence-electron chi connectivity index (χ2n) is 6.78. The number of para-hydroxylation sites is 1. The number of carbonyl (C=O) groups excluding carboxylic acids is 2. The van der Waals surface area contributed by atoms with Gasteiger partial charge in [-0.1, -0.05) is 29.8 Å². The van der Waals surface area contributed by atoms with Gasteiger partial charge in [0.15, 0.2) is 0 Å². The van der Waals surface area contributed by atoms with E-state index in [1.54, 1.807) is 48.8 Å². The second kappa shape index (κ2) is 8.34. The van der Waals surface area contributed by atoms with E-state index in [0.717, 1.165) is 11.1 Å². The van der Waals surface area contributed by atoms with Crippen molar-refractivity contribution < 1.29 is 9.59 Å². The zero-order valence-corrected chi connectivity index (χ0v) is 16.6. The number of nitrogens with one attached hydrogen (secondary N) is 2. The number of rotatable bonds is 6. The Morgan fingerprint density at radius 2 is 1.80 bits per heavy atom. The van der Waals surface area contributed by atoms with Crippen LogP contribution in [0, 0.1) is 0 Å². The molecule has 4 aromatic rings. The van der Waals surface area contributed by atoms with E-state index in [1.165, 1.54) is 0 Å². The predicted molar refractivity (Wildman–Crippen MR) is 115 cm³/mol. The third-order valence-corrected chi connectivity index (χ3v) is 4.96. The average molecular weight is 420 g/mol. The van der Waals surface area contributed by atoms with Gasteiger partial charge in [-0.25, -0.2) is 4.98 Å². The molecule has 30 heavy (non-hydrogen) atoms. The van der Waals surface area contributed by atoms with Gasteiger partial charge in [-0.05, 0) is 42.0 Å². The summed E-state index contributed by atoms with van der Waals surface area (Å²) < 4.78 is 0. The monoisotopic (exact) mass is 419 g/mol. The lowest BCUT2D eigenvalue weighted by Crippen LogP contribution is -2.45. The molecule has 0 aliphatic carbocycles. The number of nitrogens with two attached hydrogens (primary N) is 1. The standard InChI is InChI=1S/C22H18ClN5O2/c23-15-6-4-13(5-7-15)12-18(20(24)29)27-22(30)16-2-1-3-17-19(16)28-21(26-17)14-8-10-25-11-9-14/h1-11,18H,12H2,(H2,24,29)(H,26,28)(H,27,30). The molecule has 0 saturated heterocycles. The average Bonchev–Trinajstić information content (AvgIpc) is 3.19. The van der Waals surface area contributed by atoms with Crippen molar-refractivity contribution in [2.75, 3.05) is 0 Å². The van der Waals surface area contributed by atoms with Gasteiger partial charge in [0, 0.05) is 29.4 Å². The van der Waals surface area contributed by atoms with Crippen LogP contribution in [0.2, 0.25) is 5.02 Å². The highest BCUT2D eigenvalue weighted by Crippen LogP contribution is 2.22. The first kappa shape index (κ1) is 19.6. The molecule has 2 aromatic carbocycles. The maximum atomic E-state index is 13.0. The van der Waals surface area contributed by atoms with E-state index in [1.807, 2.05) is 18.2 Å². The Hall–Kier alpha value is -3.71. The van der Waals surface area contributed by atoms with Gasteiger partial charge in [0.2, 0.25) is 5.91 Å². The zero-order valence-electron chi connectivity index (χ0n) is 15.8. The summed E-state index contributed by atoms with van der Waals surface area (Å²) in [5, 5.41) is 3.32. The van der Waals surface area contributed by atoms with Crippen molar-refractivity contribution >= 4 is 34.4 Å². The lowest BCUT2D eigenvalue weighted by atomic mass is 10.0. The molecule has 7 nitrogen and oxygen atoms in total. The first-order valence-corrected chi connectivity index (χ1v) is 9.63. The number of aromatic nitrogens is 3. The van der Waals surface area contributed by atoms with Gasteiger partial charge in [-0.2, -0.15) is 0 Å². The van der Waals surface area contributed by atoms with Crippen LogP contribution in [0.5, 0.6) is 0 Å². The number of nitrogens with zero attached hydrogens (tertiary/aromatic N) is 2. The van der Waals surface area contributed by atoms with E-state index >= 15 is 0 Å². The van der Waals surface area contributed by atoms with Crippen LogP contribution in [0.25, 0.3) is 22.4 Å². The van der Waals surface area contributed by atoms with E-state index in [9.17, 15) is 9.59 Å². The second-order valence-corrected chi connectivity index (χ2v) is 7.22. The molecule has 0 fully saturated rings. The van der Waals surface area contributed by atoms with Crippen molar-refractivity contribution in [3.63, 3.8) is 0 Å². The highest BCUT2D eigenvalue weighted by molar-refractivity contribution is 6.30. The van der Waals surface area contributed by atoms with Crippen LogP contribution in [0.15, 0.2) is 67.0 Å². The Morgan fingerprint density at radius 3 is 2.50 bits per heavy atom. The number of aromatic amines is 1. The summed E-state index contributed by atoms with van der Waals surface area (Å²) in [5.74, 6) is -0.420. The van der Waals surface area contributed by atoms with E-state index in [4.69, 9.17) is 17.3 Å². The maximum absolute atomic E-state index is 13.0. The molecule has 150 valence electrons. The van der Waals surface area contributed by atoms with Crippen LogP contribution in [0.1, 0.15) is 15.9 Å². The minimum absolute atomic E-state index is 0.261. The molecule has 0 aliphatic heterocycles. The van der Waals surface area contributed by atoms with Crippen molar-refractivity contribution in [3.8, 4) is 11.4 Å². The van der Waals surface area contributed by atoms with Crippen molar-refractivity contribution in [2.45, 2.75) is 12.5 Å². The molecule has 0 spiro atoms. The highest BCUT2D eigenvalue weighted by atomic mass is 35.5. The fourth-order valence-electron chi connectivity index (χ4n) is 3.18. The molecule has 4 rings (SSSR count). The highest BCUT2D eigenvalue weighted by Gasteiger charge is 2.22. The minimum Gasteiger partial charge on any atom is -0.368 e. The number of benzene rings is 2. The summed E-state index contributed by atoms with van der Waals surface area (Å²) in [4.78, 5) is 36.7. The maximum Gasteiger partial charge on any atom is 0.254 e. The van der Waals surface area contributed by atoms with Crippen LogP contribution < -0.4 is 11.1 Å². The molecule has 2 heterocycles. The van der Waals surface area contributed by atoms with Crippen molar-refractivity contribution in [3.05, 3.63) is 83.1 Å². The number of hydrogen-bond acceptors (Lipinski definition) is 4. The molecule has 1 unspecified atom stereocenters. The van der Waals surface area contributed by atoms with Gasteiger partial charge in [0.25, 0.3) is 5.91 Å². The molecule has 0 saturated carbocycles. The number of pyridine rings is 1. The fraction of sp³-hybridized carbons (Fsp3) is 0.0909. The molecule has 2 aromatic heterocycles. The van der Waals surface area contributed by atoms with Gasteiger partial charge in [-0.15, -0.1) is 0 Å². The smallest absolute Gasteiger partial charge is 0.254 e. The number of primary amides is 1. The third-order valence-electron chi connectivity index (χ3n) is 4.71. The molecule has 0 radical (unpaired) electrons. The van der Waals surface area contributed by atoms with Crippen LogP contribution in [-0.4, -0.2) is 32.8 Å². The van der Waals surface area contributed by atoms with E-state index in [0.29, 0.717) is 27.4 Å². The van der Waals surface area contributed by atoms with Crippen molar-refractivity contribution in [1.29, 1.82) is 0 Å². The van der Waals surface area contributed by atoms with Crippen LogP contribution in [-0.2, 0) is 11.2 Å². The summed E-state index contributed by atoms with van der Waals surface area (Å²) in [6.07, 6.45) is 3.60. The molecule has 2 amide bonds. The number of halogens is 1. The van der Waals surface area contributed by atoms with Crippen molar-refractivity contribution in [1.82, 2.24) is 20.3 Å². The Morgan fingerprint density at radius 1 is 1.07 bits per heavy atom. The number of imidazole rings is 1. The van der Waals surface area contributed by atoms with E-state index in [2.05, 4.69) is 20.3 Å². The molecule has 0 aliphatic rings. The zero-order chi connectivity index (χ0) is 21.1. The van der Waals surface area contributed by atoms with E-state index in [-0.39, 0.29) is 6.42 Å². The number of carbonyl (C=O) groups is 2. The van der Waals surface area contributed by atoms with E-state index < -0.39 is 17.9 Å². The molecule has 0 bridgehead atoms. The number of H-pyrrole nitrogens is 1. The number of hydrogen-bond donors (Lipinski definition) is 3. The van der Waals surface area contributed by atoms with Gasteiger partial charge in [0.05, 0.1) is 11.1 Å². The summed E-state index contributed by atoms with van der Waals surface area (Å²) >= 11 is 5.90. The summed E-state index contributed by atoms with van der Waals surface area (Å²) in [6, 6.07) is 15.1. The summed E-state index contributed by atoms with van der Waals surface area (Å²) in [6.45, 7) is 0. The quantitative estimate of drug-likeness (QED) is 0.445. The van der Waals surface area contributed by atoms with Crippen LogP contribution >= 0.6 is 11.6 Å². The molecule has 4 N–H and O–H groups in total. The first-order valence-electron chi connectivity index (χ1n) is 9.25. The van der Waals surface area contributed by atoms with Gasteiger partial charge >= 0.3 is 0 Å². The minimum atomic E-state index is -0.868. The molecular weight excluding hydrogens is 402 g/mol. The third kappa shape index (κ3) is 4.16. The topological polar surface area (TPSA) is 114 Å². The van der Waals surface area contributed by atoms with Crippen LogP contribution in [0.3, 0.4) is 0 Å². The lowest BCUT2D eigenvalue weighted by molar-refractivity contribution is -0.119. The van der Waals surface area contributed by atoms with Gasteiger partial charge < -0.3 is 16.0 Å². The fourth-order valence-corrected chi connectivity index (χ4v) is 3.30. The molecule has 1 atom stereocenters. The van der Waals surface area contributed by atoms with Crippen LogP contribution in [0.4, 0.5) is 0 Å². The summed E-state index contributed by atoms with van der Waals surface area (Å²) in [5.41, 5.74) is 8.79. The Labute approximate surface area is 177 Å². The van der Waals surface area contributed by atoms with Gasteiger partial charge in [-0.3, -0.25) is 14.6 Å². The predicted octanol–water partition coefficient (Wildman–Crippen LogP) is 3.10.